The van der Waals surface area contributed by atoms with Gasteiger partial charge in [0.25, 0.3) is 5.91 Å². The molecule has 1 N–H and O–H groups in total. The van der Waals surface area contributed by atoms with Crippen molar-refractivity contribution in [3.05, 3.63) is 74.5 Å². The van der Waals surface area contributed by atoms with Crippen molar-refractivity contribution in [3.8, 4) is 0 Å². The second kappa shape index (κ2) is 10.4. The van der Waals surface area contributed by atoms with Crippen LogP contribution in [0.15, 0.2) is 36.4 Å². The third-order valence-corrected chi connectivity index (χ3v) is 5.26. The molecule has 0 saturated heterocycles. The van der Waals surface area contributed by atoms with E-state index in [0.717, 1.165) is 0 Å². The van der Waals surface area contributed by atoms with Gasteiger partial charge in [-0.25, -0.2) is 8.78 Å². The fourth-order valence-corrected chi connectivity index (χ4v) is 3.36. The van der Waals surface area contributed by atoms with Crippen molar-refractivity contribution in [3.63, 3.8) is 0 Å². The zero-order chi connectivity index (χ0) is 27.8. The first-order chi connectivity index (χ1) is 16.2. The van der Waals surface area contributed by atoms with Gasteiger partial charge in [0.1, 0.15) is 17.8 Å². The van der Waals surface area contributed by atoms with Crippen LogP contribution in [0.2, 0.25) is 10.0 Å². The highest BCUT2D eigenvalue weighted by molar-refractivity contribution is 6.35. The summed E-state index contributed by atoms with van der Waals surface area (Å²) < 4.78 is 147. The van der Waals surface area contributed by atoms with E-state index >= 15 is 0 Å². The Bertz CT molecular complexity index is 1150. The molecule has 2 unspecified atom stereocenters. The van der Waals surface area contributed by atoms with Crippen LogP contribution in [0.25, 0.3) is 5.83 Å². The first-order valence-corrected chi connectivity index (χ1v) is 10.2. The van der Waals surface area contributed by atoms with Crippen molar-refractivity contribution in [2.45, 2.75) is 37.4 Å². The van der Waals surface area contributed by atoms with Crippen molar-refractivity contribution in [1.82, 2.24) is 5.32 Å². The molecule has 0 spiro atoms. The summed E-state index contributed by atoms with van der Waals surface area (Å²) in [6.07, 6.45) is -15.7. The Morgan fingerprint density at radius 1 is 0.917 bits per heavy atom. The second-order valence-corrected chi connectivity index (χ2v) is 8.14. The van der Waals surface area contributed by atoms with E-state index in [4.69, 9.17) is 23.2 Å². The van der Waals surface area contributed by atoms with Crippen molar-refractivity contribution in [2.24, 2.45) is 0 Å². The molecule has 0 aliphatic heterocycles. The van der Waals surface area contributed by atoms with Gasteiger partial charge in [-0.1, -0.05) is 29.3 Å². The van der Waals surface area contributed by atoms with E-state index in [1.54, 1.807) is 0 Å². The van der Waals surface area contributed by atoms with E-state index in [-0.39, 0.29) is 12.1 Å². The molecule has 198 valence electrons. The van der Waals surface area contributed by atoms with Crippen LogP contribution in [0.5, 0.6) is 0 Å². The molecule has 0 radical (unpaired) electrons. The van der Waals surface area contributed by atoms with E-state index < -0.39 is 80.3 Å². The lowest BCUT2D eigenvalue weighted by Crippen LogP contribution is -2.43. The Labute approximate surface area is 205 Å². The molecule has 2 atom stereocenters. The van der Waals surface area contributed by atoms with Crippen LogP contribution >= 0.6 is 23.2 Å². The van der Waals surface area contributed by atoms with Crippen molar-refractivity contribution < 1.29 is 53.1 Å². The summed E-state index contributed by atoms with van der Waals surface area (Å²) in [5, 5.41) is -0.351. The topological polar surface area (TPSA) is 29.1 Å². The summed E-state index contributed by atoms with van der Waals surface area (Å²) in [5.41, 5.74) is -5.12. The van der Waals surface area contributed by atoms with Crippen molar-refractivity contribution in [2.75, 3.05) is 0 Å². The zero-order valence-corrected chi connectivity index (χ0v) is 19.0. The van der Waals surface area contributed by atoms with Crippen LogP contribution in [0.4, 0.5) is 48.3 Å². The monoisotopic (exact) mass is 573 g/mol. The molecule has 0 fully saturated rings. The lowest BCUT2D eigenvalue weighted by molar-refractivity contribution is -0.149. The number of alkyl halides is 9. The number of allylic oxidation sites excluding steroid dienone is 1. The first-order valence-electron chi connectivity index (χ1n) is 9.41. The molecule has 0 aromatic heterocycles. The van der Waals surface area contributed by atoms with Crippen LogP contribution in [0.1, 0.15) is 39.9 Å². The number of amides is 1. The molecule has 15 heteroatoms. The third-order valence-electron chi connectivity index (χ3n) is 4.71. The van der Waals surface area contributed by atoms with Gasteiger partial charge in [-0.15, -0.1) is 0 Å². The Morgan fingerprint density at radius 3 is 1.89 bits per heavy atom. The zero-order valence-electron chi connectivity index (χ0n) is 17.4. The van der Waals surface area contributed by atoms with Crippen molar-refractivity contribution >= 4 is 34.9 Å². The van der Waals surface area contributed by atoms with Gasteiger partial charge in [-0.3, -0.25) is 4.79 Å². The third kappa shape index (κ3) is 7.02. The van der Waals surface area contributed by atoms with Crippen molar-refractivity contribution in [1.29, 1.82) is 0 Å². The highest BCUT2D eigenvalue weighted by atomic mass is 35.5. The number of nitrogens with one attached hydrogen (secondary N) is 1. The van der Waals surface area contributed by atoms with E-state index in [9.17, 15) is 53.1 Å². The Hall–Kier alpha value is -2.54. The minimum Gasteiger partial charge on any atom is -0.341 e. The van der Waals surface area contributed by atoms with Gasteiger partial charge in [0.15, 0.2) is 5.82 Å². The molecule has 0 bridgehead atoms. The van der Waals surface area contributed by atoms with Crippen LogP contribution in [-0.4, -0.2) is 24.3 Å². The summed E-state index contributed by atoms with van der Waals surface area (Å²) in [4.78, 5) is 12.0. The molecular weight excluding hydrogens is 562 g/mol. The normalized spacial score (nSPS) is 15.0. The van der Waals surface area contributed by atoms with Gasteiger partial charge in [0, 0.05) is 5.56 Å². The summed E-state index contributed by atoms with van der Waals surface area (Å²) >= 11 is 10.9. The van der Waals surface area contributed by atoms with Gasteiger partial charge < -0.3 is 5.32 Å². The molecule has 36 heavy (non-hydrogen) atoms. The average molecular weight is 574 g/mol. The Morgan fingerprint density at radius 2 is 1.44 bits per heavy atom. The van der Waals surface area contributed by atoms with Gasteiger partial charge in [0.2, 0.25) is 0 Å². The lowest BCUT2D eigenvalue weighted by atomic mass is 9.95. The highest BCUT2D eigenvalue weighted by Crippen LogP contribution is 2.41. The minimum absolute atomic E-state index is 0.0307. The fourth-order valence-electron chi connectivity index (χ4n) is 2.86. The number of rotatable bonds is 5. The maximum atomic E-state index is 14.8. The lowest BCUT2D eigenvalue weighted by Gasteiger charge is -2.20. The van der Waals surface area contributed by atoms with Crippen LogP contribution in [0, 0.1) is 5.82 Å². The van der Waals surface area contributed by atoms with Crippen LogP contribution in [-0.2, 0) is 6.18 Å². The maximum absolute atomic E-state index is 14.8. The molecule has 0 saturated carbocycles. The number of benzene rings is 2. The molecule has 1 amide bonds. The molecule has 2 aromatic rings. The molecular formula is C21H12Cl2F11NO. The number of hydrogen-bond donors (Lipinski definition) is 1. The van der Waals surface area contributed by atoms with Crippen LogP contribution in [0.3, 0.4) is 0 Å². The van der Waals surface area contributed by atoms with E-state index in [0.29, 0.717) is 31.2 Å². The standard InChI is InChI=1S/C21H12Cl2F11NO/c1-8(19(26,27)28)35-18(36)11-3-2-9(4-13(11)21(32,33)34)16(24)7-12(20(29,30)31)10-5-14(22)17(25)15(23)6-10/h2-8,12H,1H3,(H,35,36). The molecule has 2 nitrogen and oxygen atoms in total. The van der Waals surface area contributed by atoms with Gasteiger partial charge in [-0.05, 0) is 42.8 Å². The highest BCUT2D eigenvalue weighted by Gasteiger charge is 2.42. The quantitative estimate of drug-likeness (QED) is 0.282. The predicted octanol–water partition coefficient (Wildman–Crippen LogP) is 8.49. The second-order valence-electron chi connectivity index (χ2n) is 7.33. The number of hydrogen-bond acceptors (Lipinski definition) is 1. The predicted molar refractivity (Wildman–Crippen MR) is 109 cm³/mol. The fraction of sp³-hybridized carbons (Fsp3) is 0.286. The van der Waals surface area contributed by atoms with E-state index in [1.165, 1.54) is 5.32 Å². The average Bonchev–Trinajstić information content (AvgIpc) is 2.72. The van der Waals surface area contributed by atoms with Crippen LogP contribution < -0.4 is 5.32 Å². The summed E-state index contributed by atoms with van der Waals surface area (Å²) in [6, 6.07) is -0.770. The largest absolute Gasteiger partial charge is 0.417 e. The molecule has 0 heterocycles. The summed E-state index contributed by atoms with van der Waals surface area (Å²) in [7, 11) is 0. The molecule has 0 aliphatic carbocycles. The van der Waals surface area contributed by atoms with E-state index in [2.05, 4.69) is 0 Å². The SMILES string of the molecule is CC(NC(=O)c1ccc(C(F)=CC(c2cc(Cl)c(F)c(Cl)c2)C(F)(F)F)cc1C(F)(F)F)C(F)(F)F. The van der Waals surface area contributed by atoms with Gasteiger partial charge >= 0.3 is 18.5 Å². The summed E-state index contributed by atoms with van der Waals surface area (Å²) in [5.74, 6) is -7.73. The molecule has 0 aliphatic rings. The number of halogens is 13. The Balaban J connectivity index is 2.57. The molecule has 2 aromatic carbocycles. The van der Waals surface area contributed by atoms with E-state index in [1.807, 2.05) is 0 Å². The maximum Gasteiger partial charge on any atom is 0.417 e. The van der Waals surface area contributed by atoms with Gasteiger partial charge in [-0.2, -0.15) is 39.5 Å². The minimum atomic E-state index is -5.40. The first kappa shape index (κ1) is 29.7. The smallest absolute Gasteiger partial charge is 0.341 e. The molecule has 2 rings (SSSR count). The summed E-state index contributed by atoms with van der Waals surface area (Å²) in [6.45, 7) is 0.465. The van der Waals surface area contributed by atoms with Gasteiger partial charge in [0.05, 0.1) is 21.2 Å². The number of carbonyl (C=O) groups excluding carboxylic acids is 1. The Kier molecular flexibility index (Phi) is 8.61. The number of carbonyl (C=O) groups is 1.